The molecule has 44 heavy (non-hydrogen) atoms. The summed E-state index contributed by atoms with van der Waals surface area (Å²) in [5.74, 6) is -10.5. The number of hydrogen-bond donors (Lipinski definition) is 0. The molecule has 4 aromatic rings. The van der Waals surface area contributed by atoms with Crippen LogP contribution in [0.2, 0.25) is 0 Å². The fraction of sp³-hybridized carbons (Fsp3) is 0.235. The Kier molecular flexibility index (Phi) is 8.81. The third-order valence-corrected chi connectivity index (χ3v) is 7.82. The van der Waals surface area contributed by atoms with E-state index < -0.39 is 58.1 Å². The Morgan fingerprint density at radius 1 is 0.636 bits per heavy atom. The van der Waals surface area contributed by atoms with Crippen molar-refractivity contribution in [1.29, 1.82) is 0 Å². The summed E-state index contributed by atoms with van der Waals surface area (Å²) in [6.07, 6.45) is 2.45. The van der Waals surface area contributed by atoms with Crippen LogP contribution in [0.25, 0.3) is 22.3 Å². The Labute approximate surface area is 247 Å². The third-order valence-electron chi connectivity index (χ3n) is 7.82. The van der Waals surface area contributed by atoms with Gasteiger partial charge in [0.2, 0.25) is 0 Å². The summed E-state index contributed by atoms with van der Waals surface area (Å²) in [5.41, 5.74) is -2.27. The van der Waals surface area contributed by atoms with Gasteiger partial charge in [0.1, 0.15) is 34.6 Å². The van der Waals surface area contributed by atoms with Gasteiger partial charge in [-0.05, 0) is 104 Å². The Morgan fingerprint density at radius 2 is 1.18 bits per heavy atom. The molecule has 0 heterocycles. The molecule has 0 spiro atoms. The molecule has 0 saturated heterocycles. The molecule has 1 aliphatic rings. The Morgan fingerprint density at radius 3 is 1.75 bits per heavy atom. The molecule has 0 amide bonds. The lowest BCUT2D eigenvalue weighted by Crippen LogP contribution is -2.25. The highest BCUT2D eigenvalue weighted by Gasteiger charge is 2.41. The molecule has 0 aliphatic heterocycles. The molecule has 0 unspecified atom stereocenters. The maximum Gasteiger partial charge on any atom is 0.432 e. The zero-order chi connectivity index (χ0) is 31.8. The summed E-state index contributed by atoms with van der Waals surface area (Å²) in [7, 11) is 0. The average Bonchev–Trinajstić information content (AvgIpc) is 2.95. The van der Waals surface area contributed by atoms with Gasteiger partial charge in [0.05, 0.1) is 0 Å². The first-order valence-corrected chi connectivity index (χ1v) is 13.8. The van der Waals surface area contributed by atoms with Crippen molar-refractivity contribution in [2.24, 2.45) is 5.92 Å². The fourth-order valence-corrected chi connectivity index (χ4v) is 5.64. The van der Waals surface area contributed by atoms with Gasteiger partial charge < -0.3 is 4.74 Å². The Balaban J connectivity index is 1.35. The summed E-state index contributed by atoms with van der Waals surface area (Å²) in [6.45, 7) is 1.91. The van der Waals surface area contributed by atoms with Gasteiger partial charge in [-0.15, -0.1) is 0 Å². The van der Waals surface area contributed by atoms with Gasteiger partial charge >= 0.3 is 6.11 Å². The van der Waals surface area contributed by atoms with Crippen molar-refractivity contribution in [2.45, 2.75) is 44.6 Å². The van der Waals surface area contributed by atoms with Crippen LogP contribution >= 0.6 is 0 Å². The molecule has 4 aromatic carbocycles. The van der Waals surface area contributed by atoms with Crippen LogP contribution in [0.4, 0.5) is 39.5 Å². The summed E-state index contributed by atoms with van der Waals surface area (Å²) in [6, 6.07) is 8.53. The average molecular weight is 621 g/mol. The van der Waals surface area contributed by atoms with E-state index in [0.29, 0.717) is 37.0 Å². The van der Waals surface area contributed by atoms with Gasteiger partial charge in [-0.1, -0.05) is 24.3 Å². The third kappa shape index (κ3) is 6.34. The molecule has 0 atom stereocenters. The van der Waals surface area contributed by atoms with E-state index in [2.05, 4.69) is 10.8 Å². The molecule has 0 aromatic heterocycles. The fourth-order valence-electron chi connectivity index (χ4n) is 5.64. The predicted octanol–water partition coefficient (Wildman–Crippen LogP) is 11.0. The first-order valence-electron chi connectivity index (χ1n) is 13.8. The van der Waals surface area contributed by atoms with Crippen LogP contribution in [-0.4, -0.2) is 0 Å². The van der Waals surface area contributed by atoms with Crippen molar-refractivity contribution >= 4 is 0 Å². The summed E-state index contributed by atoms with van der Waals surface area (Å²) in [5, 5.41) is 0. The molecular weight excluding hydrogens is 595 g/mol. The monoisotopic (exact) mass is 620 g/mol. The second-order valence-corrected chi connectivity index (χ2v) is 10.7. The Hall–Kier alpha value is -4.21. The van der Waals surface area contributed by atoms with E-state index in [9.17, 15) is 30.7 Å². The van der Waals surface area contributed by atoms with Crippen LogP contribution in [0, 0.1) is 46.6 Å². The van der Waals surface area contributed by atoms with Crippen LogP contribution in [0.3, 0.4) is 0 Å². The minimum absolute atomic E-state index is 0.0717. The van der Waals surface area contributed by atoms with E-state index in [0.717, 1.165) is 49.2 Å². The van der Waals surface area contributed by atoms with Crippen LogP contribution in [0.1, 0.15) is 49.7 Å². The standard InChI is InChI=1S/C34H25F9O/c1-2-3-18-4-6-19(7-5-18)21-13-28(37)32(29(38)14-21)34(42,43)44-23-9-11-24(27(36)17-23)20-8-10-25(26(35)12-20)22-15-30(39)33(41)31(40)16-22/h2-3,8-19H,4-7H2,1H3. The highest BCUT2D eigenvalue weighted by atomic mass is 19.3. The van der Waals surface area contributed by atoms with Crippen LogP contribution in [-0.2, 0) is 6.11 Å². The highest BCUT2D eigenvalue weighted by Crippen LogP contribution is 2.41. The largest absolute Gasteiger partial charge is 0.432 e. The van der Waals surface area contributed by atoms with E-state index in [4.69, 9.17) is 0 Å². The zero-order valence-corrected chi connectivity index (χ0v) is 23.2. The van der Waals surface area contributed by atoms with E-state index in [-0.39, 0.29) is 33.7 Å². The highest BCUT2D eigenvalue weighted by molar-refractivity contribution is 5.72. The summed E-state index contributed by atoms with van der Waals surface area (Å²) in [4.78, 5) is 0. The van der Waals surface area contributed by atoms with Gasteiger partial charge in [-0.3, -0.25) is 0 Å². The van der Waals surface area contributed by atoms with Crippen molar-refractivity contribution in [3.05, 3.63) is 125 Å². The van der Waals surface area contributed by atoms with E-state index in [1.54, 1.807) is 0 Å². The summed E-state index contributed by atoms with van der Waals surface area (Å²) >= 11 is 0. The maximum atomic E-state index is 15.0. The SMILES string of the molecule is CC=CC1CCC(c2cc(F)c(C(F)(F)Oc3ccc(-c4ccc(-c5cc(F)c(F)c(F)c5)c(F)c4)c(F)c3)c(F)c2)CC1. The topological polar surface area (TPSA) is 9.23 Å². The number of benzene rings is 4. The molecule has 0 N–H and O–H groups in total. The van der Waals surface area contributed by atoms with Crippen molar-refractivity contribution in [2.75, 3.05) is 0 Å². The normalized spacial score (nSPS) is 17.3. The van der Waals surface area contributed by atoms with E-state index in [1.165, 1.54) is 6.07 Å². The lowest BCUT2D eigenvalue weighted by atomic mass is 9.78. The number of ether oxygens (including phenoxy) is 1. The van der Waals surface area contributed by atoms with Crippen LogP contribution in [0.5, 0.6) is 5.75 Å². The number of halogens is 9. The molecular formula is C34H25F9O. The number of hydrogen-bond acceptors (Lipinski definition) is 1. The summed E-state index contributed by atoms with van der Waals surface area (Å²) < 4.78 is 135. The Bertz CT molecular complexity index is 1680. The number of allylic oxidation sites excluding steroid dienone is 2. The molecule has 1 saturated carbocycles. The van der Waals surface area contributed by atoms with Crippen molar-refractivity contribution in [1.82, 2.24) is 0 Å². The van der Waals surface area contributed by atoms with Crippen LogP contribution < -0.4 is 4.74 Å². The van der Waals surface area contributed by atoms with Gasteiger partial charge in [0.15, 0.2) is 17.5 Å². The number of alkyl halides is 2. The second-order valence-electron chi connectivity index (χ2n) is 10.7. The second kappa shape index (κ2) is 12.4. The first-order chi connectivity index (χ1) is 20.9. The molecule has 1 aliphatic carbocycles. The lowest BCUT2D eigenvalue weighted by molar-refractivity contribution is -0.189. The van der Waals surface area contributed by atoms with Crippen LogP contribution in [0.15, 0.2) is 72.8 Å². The first kappa shape index (κ1) is 31.2. The van der Waals surface area contributed by atoms with E-state index >= 15 is 8.78 Å². The van der Waals surface area contributed by atoms with Gasteiger partial charge in [-0.25, -0.2) is 30.7 Å². The van der Waals surface area contributed by atoms with Crippen molar-refractivity contribution in [3.8, 4) is 28.0 Å². The van der Waals surface area contributed by atoms with Crippen molar-refractivity contribution < 1.29 is 44.3 Å². The minimum atomic E-state index is -4.50. The van der Waals surface area contributed by atoms with Gasteiger partial charge in [0.25, 0.3) is 0 Å². The van der Waals surface area contributed by atoms with Crippen molar-refractivity contribution in [3.63, 3.8) is 0 Å². The molecule has 10 heteroatoms. The van der Waals surface area contributed by atoms with E-state index in [1.807, 2.05) is 13.0 Å². The maximum absolute atomic E-state index is 15.0. The number of rotatable bonds is 7. The molecule has 5 rings (SSSR count). The van der Waals surface area contributed by atoms with Gasteiger partial charge in [-0.2, -0.15) is 8.78 Å². The molecule has 1 nitrogen and oxygen atoms in total. The molecule has 0 radical (unpaired) electrons. The molecule has 230 valence electrons. The molecule has 1 fully saturated rings. The predicted molar refractivity (Wildman–Crippen MR) is 147 cm³/mol. The smallest absolute Gasteiger partial charge is 0.429 e. The quantitative estimate of drug-likeness (QED) is 0.114. The zero-order valence-electron chi connectivity index (χ0n) is 23.2. The lowest BCUT2D eigenvalue weighted by Gasteiger charge is -2.28. The van der Waals surface area contributed by atoms with Gasteiger partial charge in [0, 0.05) is 17.2 Å². The minimum Gasteiger partial charge on any atom is -0.429 e. The molecule has 0 bridgehead atoms.